The van der Waals surface area contributed by atoms with Crippen molar-refractivity contribution in [1.82, 2.24) is 9.97 Å². The molecule has 0 atom stereocenters. The summed E-state index contributed by atoms with van der Waals surface area (Å²) in [6.45, 7) is 0.928. The summed E-state index contributed by atoms with van der Waals surface area (Å²) < 4.78 is 14.1. The standard InChI is InChI=1S/C18H19FN6O/c19-13-9-22-18(23-11-5-4-10-6-7-21-15(10)8-11)25-17(13)24-14-3-1-2-12(14)16(20)26/h4-5,8-9,21H,1-3,6-7H2,(H2,20,26)(H2,22,23,24,25). The number of amides is 1. The summed E-state index contributed by atoms with van der Waals surface area (Å²) in [6, 6.07) is 5.96. The summed E-state index contributed by atoms with van der Waals surface area (Å²) in [4.78, 5) is 19.7. The molecule has 26 heavy (non-hydrogen) atoms. The number of allylic oxidation sites excluding steroid dienone is 1. The molecule has 2 aliphatic rings. The number of halogens is 1. The predicted molar refractivity (Wildman–Crippen MR) is 97.6 cm³/mol. The lowest BCUT2D eigenvalue weighted by molar-refractivity contribution is -0.114. The average Bonchev–Trinajstić information content (AvgIpc) is 3.26. The number of hydrogen-bond donors (Lipinski definition) is 4. The smallest absolute Gasteiger partial charge is 0.246 e. The molecule has 1 amide bonds. The number of nitrogens with one attached hydrogen (secondary N) is 3. The first kappa shape index (κ1) is 16.3. The van der Waals surface area contributed by atoms with Crippen molar-refractivity contribution in [2.45, 2.75) is 25.7 Å². The van der Waals surface area contributed by atoms with Crippen LogP contribution in [0, 0.1) is 5.82 Å². The highest BCUT2D eigenvalue weighted by atomic mass is 19.1. The van der Waals surface area contributed by atoms with Crippen LogP contribution >= 0.6 is 0 Å². The second-order valence-electron chi connectivity index (χ2n) is 6.36. The molecular weight excluding hydrogens is 335 g/mol. The molecule has 0 spiro atoms. The van der Waals surface area contributed by atoms with Crippen LogP contribution in [-0.2, 0) is 11.2 Å². The highest BCUT2D eigenvalue weighted by Gasteiger charge is 2.20. The van der Waals surface area contributed by atoms with Gasteiger partial charge < -0.3 is 21.7 Å². The van der Waals surface area contributed by atoms with Crippen molar-refractivity contribution >= 4 is 29.0 Å². The van der Waals surface area contributed by atoms with Gasteiger partial charge in [-0.15, -0.1) is 0 Å². The molecule has 4 rings (SSSR count). The van der Waals surface area contributed by atoms with Gasteiger partial charge in [0, 0.05) is 29.2 Å². The van der Waals surface area contributed by atoms with Crippen LogP contribution in [0.3, 0.4) is 0 Å². The quantitative estimate of drug-likeness (QED) is 0.658. The fraction of sp³-hybridized carbons (Fsp3) is 0.278. The molecule has 0 unspecified atom stereocenters. The predicted octanol–water partition coefficient (Wildman–Crippen LogP) is 2.66. The molecular formula is C18H19FN6O. The Balaban J connectivity index is 1.56. The van der Waals surface area contributed by atoms with E-state index < -0.39 is 11.7 Å². The van der Waals surface area contributed by atoms with Crippen molar-refractivity contribution in [3.8, 4) is 0 Å². The number of primary amides is 1. The number of carbonyl (C=O) groups excluding carboxylic acids is 1. The van der Waals surface area contributed by atoms with Crippen LogP contribution in [-0.4, -0.2) is 22.4 Å². The molecule has 0 saturated carbocycles. The van der Waals surface area contributed by atoms with Crippen LogP contribution in [0.4, 0.5) is 27.5 Å². The van der Waals surface area contributed by atoms with Gasteiger partial charge in [-0.25, -0.2) is 9.37 Å². The monoisotopic (exact) mass is 354 g/mol. The molecule has 134 valence electrons. The van der Waals surface area contributed by atoms with Gasteiger partial charge in [-0.3, -0.25) is 4.79 Å². The first-order chi connectivity index (χ1) is 12.6. The van der Waals surface area contributed by atoms with Gasteiger partial charge in [-0.1, -0.05) is 6.07 Å². The van der Waals surface area contributed by atoms with Gasteiger partial charge in [-0.05, 0) is 43.4 Å². The molecule has 8 heteroatoms. The van der Waals surface area contributed by atoms with Gasteiger partial charge in [0.2, 0.25) is 11.9 Å². The van der Waals surface area contributed by atoms with Gasteiger partial charge in [0.05, 0.1) is 6.20 Å². The summed E-state index contributed by atoms with van der Waals surface area (Å²) in [5.41, 5.74) is 9.67. The molecule has 1 aromatic heterocycles. The number of aromatic nitrogens is 2. The van der Waals surface area contributed by atoms with E-state index in [-0.39, 0.29) is 11.8 Å². The molecule has 0 bridgehead atoms. The van der Waals surface area contributed by atoms with Gasteiger partial charge in [0.1, 0.15) is 0 Å². The number of nitrogens with zero attached hydrogens (tertiary/aromatic N) is 2. The Bertz CT molecular complexity index is 911. The third-order valence-corrected chi connectivity index (χ3v) is 4.60. The van der Waals surface area contributed by atoms with E-state index in [0.717, 1.165) is 37.0 Å². The molecule has 0 saturated heterocycles. The summed E-state index contributed by atoms with van der Waals surface area (Å²) in [5.74, 6) is -0.777. The Labute approximate surface area is 149 Å². The van der Waals surface area contributed by atoms with Crippen molar-refractivity contribution < 1.29 is 9.18 Å². The Kier molecular flexibility index (Phi) is 4.16. The molecule has 1 aromatic carbocycles. The highest BCUT2D eigenvalue weighted by molar-refractivity contribution is 5.93. The van der Waals surface area contributed by atoms with Crippen LogP contribution < -0.4 is 21.7 Å². The number of hydrogen-bond acceptors (Lipinski definition) is 6. The van der Waals surface area contributed by atoms with E-state index in [1.807, 2.05) is 18.2 Å². The van der Waals surface area contributed by atoms with E-state index in [1.54, 1.807) is 0 Å². The summed E-state index contributed by atoms with van der Waals surface area (Å²) in [6.07, 6.45) is 4.15. The zero-order chi connectivity index (χ0) is 18.1. The van der Waals surface area contributed by atoms with Gasteiger partial charge in [0.25, 0.3) is 0 Å². The van der Waals surface area contributed by atoms with Crippen LogP contribution in [0.5, 0.6) is 0 Å². The van der Waals surface area contributed by atoms with Crippen molar-refractivity contribution in [2.75, 3.05) is 22.5 Å². The molecule has 1 aliphatic heterocycles. The number of rotatable bonds is 5. The number of fused-ring (bicyclic) bond motifs is 1. The highest BCUT2D eigenvalue weighted by Crippen LogP contribution is 2.29. The van der Waals surface area contributed by atoms with Gasteiger partial charge >= 0.3 is 0 Å². The van der Waals surface area contributed by atoms with Crippen molar-refractivity contribution in [2.24, 2.45) is 5.73 Å². The number of benzene rings is 1. The van der Waals surface area contributed by atoms with E-state index >= 15 is 0 Å². The van der Waals surface area contributed by atoms with E-state index in [9.17, 15) is 9.18 Å². The molecule has 2 aromatic rings. The SMILES string of the molecule is NC(=O)C1=C(Nc2nc(Nc3ccc4c(c3)NCC4)ncc2F)CCC1. The minimum absolute atomic E-state index is 0.0254. The lowest BCUT2D eigenvalue weighted by atomic mass is 10.1. The molecule has 7 nitrogen and oxygen atoms in total. The Morgan fingerprint density at radius 1 is 1.23 bits per heavy atom. The van der Waals surface area contributed by atoms with Crippen LogP contribution in [0.25, 0.3) is 0 Å². The third-order valence-electron chi connectivity index (χ3n) is 4.60. The van der Waals surface area contributed by atoms with E-state index in [0.29, 0.717) is 24.1 Å². The second-order valence-corrected chi connectivity index (χ2v) is 6.36. The first-order valence-electron chi connectivity index (χ1n) is 8.55. The normalized spacial score (nSPS) is 15.6. The van der Waals surface area contributed by atoms with Crippen molar-refractivity contribution in [3.05, 3.63) is 47.0 Å². The zero-order valence-electron chi connectivity index (χ0n) is 14.1. The minimum Gasteiger partial charge on any atom is -0.384 e. The summed E-state index contributed by atoms with van der Waals surface area (Å²) in [5, 5.41) is 9.30. The average molecular weight is 354 g/mol. The molecule has 0 fully saturated rings. The van der Waals surface area contributed by atoms with E-state index in [1.165, 1.54) is 5.56 Å². The fourth-order valence-corrected chi connectivity index (χ4v) is 3.31. The van der Waals surface area contributed by atoms with Crippen LogP contribution in [0.2, 0.25) is 0 Å². The number of nitrogens with two attached hydrogens (primary N) is 1. The van der Waals surface area contributed by atoms with Gasteiger partial charge in [-0.2, -0.15) is 4.98 Å². The van der Waals surface area contributed by atoms with Crippen LogP contribution in [0.15, 0.2) is 35.7 Å². The largest absolute Gasteiger partial charge is 0.384 e. The summed E-state index contributed by atoms with van der Waals surface area (Å²) >= 11 is 0. The maximum Gasteiger partial charge on any atom is 0.246 e. The minimum atomic E-state index is -0.589. The Hall–Kier alpha value is -3.16. The van der Waals surface area contributed by atoms with Gasteiger partial charge in [0.15, 0.2) is 11.6 Å². The third kappa shape index (κ3) is 3.17. The molecule has 1 aliphatic carbocycles. The zero-order valence-corrected chi connectivity index (χ0v) is 14.1. The van der Waals surface area contributed by atoms with Crippen LogP contribution in [0.1, 0.15) is 24.8 Å². The maximum absolute atomic E-state index is 14.1. The molecule has 2 heterocycles. The van der Waals surface area contributed by atoms with E-state index in [4.69, 9.17) is 5.73 Å². The lowest BCUT2D eigenvalue weighted by Gasteiger charge is -2.12. The van der Waals surface area contributed by atoms with E-state index in [2.05, 4.69) is 25.9 Å². The fourth-order valence-electron chi connectivity index (χ4n) is 3.31. The van der Waals surface area contributed by atoms with Crippen molar-refractivity contribution in [1.29, 1.82) is 0 Å². The molecule has 0 radical (unpaired) electrons. The first-order valence-corrected chi connectivity index (χ1v) is 8.55. The Morgan fingerprint density at radius 3 is 2.96 bits per heavy atom. The topological polar surface area (TPSA) is 105 Å². The van der Waals surface area contributed by atoms with Crippen molar-refractivity contribution in [3.63, 3.8) is 0 Å². The Morgan fingerprint density at radius 2 is 2.12 bits per heavy atom. The lowest BCUT2D eigenvalue weighted by Crippen LogP contribution is -2.16. The second kappa shape index (κ2) is 6.62. The number of anilines is 4. The maximum atomic E-state index is 14.1. The number of carbonyl (C=O) groups is 1. The summed E-state index contributed by atoms with van der Waals surface area (Å²) in [7, 11) is 0. The molecule has 5 N–H and O–H groups in total.